The molecule has 2 aliphatic rings. The SMILES string of the molecule is O=C(NC1CCC(CO)CC1)c1scnc1C1CC1. The molecule has 0 aliphatic heterocycles. The van der Waals surface area contributed by atoms with Crippen LogP contribution in [-0.2, 0) is 0 Å². The van der Waals surface area contributed by atoms with E-state index in [9.17, 15) is 4.79 Å². The number of aromatic nitrogens is 1. The van der Waals surface area contributed by atoms with Gasteiger partial charge >= 0.3 is 0 Å². The molecule has 2 saturated carbocycles. The van der Waals surface area contributed by atoms with Crippen LogP contribution < -0.4 is 5.32 Å². The predicted octanol–water partition coefficient (Wildman–Crippen LogP) is 2.30. The van der Waals surface area contributed by atoms with Crippen molar-refractivity contribution in [2.75, 3.05) is 6.61 Å². The monoisotopic (exact) mass is 280 g/mol. The molecule has 1 heterocycles. The Kier molecular flexibility index (Phi) is 3.84. The number of rotatable bonds is 4. The van der Waals surface area contributed by atoms with E-state index in [1.165, 1.54) is 24.2 Å². The third-order valence-corrected chi connectivity index (χ3v) is 5.05. The zero-order valence-electron chi connectivity index (χ0n) is 11.0. The first-order valence-electron chi connectivity index (χ1n) is 7.13. The molecular weight excluding hydrogens is 260 g/mol. The molecule has 19 heavy (non-hydrogen) atoms. The van der Waals surface area contributed by atoms with Gasteiger partial charge < -0.3 is 10.4 Å². The fraction of sp³-hybridized carbons (Fsp3) is 0.714. The Hall–Kier alpha value is -0.940. The second-order valence-corrected chi connectivity index (χ2v) is 6.57. The average Bonchev–Trinajstić information content (AvgIpc) is 3.16. The first-order chi connectivity index (χ1) is 9.28. The molecular formula is C14H20N2O2S. The summed E-state index contributed by atoms with van der Waals surface area (Å²) in [4.78, 5) is 17.4. The van der Waals surface area contributed by atoms with Gasteiger partial charge in [0.1, 0.15) is 4.88 Å². The van der Waals surface area contributed by atoms with Crippen molar-refractivity contribution in [3.8, 4) is 0 Å². The zero-order valence-corrected chi connectivity index (χ0v) is 11.8. The number of nitrogens with zero attached hydrogens (tertiary/aromatic N) is 1. The number of hydrogen-bond donors (Lipinski definition) is 2. The van der Waals surface area contributed by atoms with Gasteiger partial charge in [-0.15, -0.1) is 11.3 Å². The van der Waals surface area contributed by atoms with Crippen LogP contribution in [0.15, 0.2) is 5.51 Å². The van der Waals surface area contributed by atoms with Crippen molar-refractivity contribution >= 4 is 17.2 Å². The highest BCUT2D eigenvalue weighted by Gasteiger charge is 2.31. The Morgan fingerprint density at radius 1 is 1.32 bits per heavy atom. The number of aliphatic hydroxyl groups is 1. The molecule has 0 radical (unpaired) electrons. The van der Waals surface area contributed by atoms with Crippen LogP contribution in [0.5, 0.6) is 0 Å². The van der Waals surface area contributed by atoms with Crippen LogP contribution in [-0.4, -0.2) is 28.6 Å². The number of carbonyl (C=O) groups excluding carboxylic acids is 1. The molecule has 0 bridgehead atoms. The van der Waals surface area contributed by atoms with Crippen LogP contribution in [0.3, 0.4) is 0 Å². The van der Waals surface area contributed by atoms with Gasteiger partial charge in [-0.1, -0.05) is 0 Å². The third-order valence-electron chi connectivity index (χ3n) is 4.21. The first-order valence-corrected chi connectivity index (χ1v) is 8.01. The van der Waals surface area contributed by atoms with Gasteiger partial charge in [0.15, 0.2) is 0 Å². The second-order valence-electron chi connectivity index (χ2n) is 5.71. The number of carbonyl (C=O) groups is 1. The highest BCUT2D eigenvalue weighted by atomic mass is 32.1. The van der Waals surface area contributed by atoms with Crippen molar-refractivity contribution in [1.29, 1.82) is 0 Å². The molecule has 0 saturated heterocycles. The summed E-state index contributed by atoms with van der Waals surface area (Å²) in [6.45, 7) is 0.279. The summed E-state index contributed by atoms with van der Waals surface area (Å²) in [6.07, 6.45) is 6.33. The van der Waals surface area contributed by atoms with E-state index in [0.29, 0.717) is 11.8 Å². The van der Waals surface area contributed by atoms with Gasteiger partial charge in [-0.05, 0) is 44.4 Å². The van der Waals surface area contributed by atoms with Crippen LogP contribution in [0.1, 0.15) is 59.8 Å². The summed E-state index contributed by atoms with van der Waals surface area (Å²) in [5.74, 6) is 1.01. The largest absolute Gasteiger partial charge is 0.396 e. The molecule has 0 aromatic carbocycles. The van der Waals surface area contributed by atoms with Gasteiger partial charge in [0.05, 0.1) is 11.2 Å². The van der Waals surface area contributed by atoms with Gasteiger partial charge in [0, 0.05) is 18.6 Å². The van der Waals surface area contributed by atoms with E-state index in [1.807, 2.05) is 0 Å². The van der Waals surface area contributed by atoms with E-state index in [1.54, 1.807) is 5.51 Å². The van der Waals surface area contributed by atoms with Crippen LogP contribution >= 0.6 is 11.3 Å². The maximum atomic E-state index is 12.3. The minimum Gasteiger partial charge on any atom is -0.396 e. The molecule has 5 heteroatoms. The fourth-order valence-corrected chi connectivity index (χ4v) is 3.59. The van der Waals surface area contributed by atoms with Gasteiger partial charge in [-0.3, -0.25) is 4.79 Å². The molecule has 3 rings (SSSR count). The zero-order chi connectivity index (χ0) is 13.2. The van der Waals surface area contributed by atoms with Gasteiger partial charge in [0.25, 0.3) is 5.91 Å². The Balaban J connectivity index is 1.57. The molecule has 1 amide bonds. The summed E-state index contributed by atoms with van der Waals surface area (Å²) >= 11 is 1.46. The normalized spacial score (nSPS) is 27.2. The molecule has 2 N–H and O–H groups in total. The van der Waals surface area contributed by atoms with Crippen LogP contribution in [0.25, 0.3) is 0 Å². The highest BCUT2D eigenvalue weighted by molar-refractivity contribution is 7.11. The number of amides is 1. The van der Waals surface area contributed by atoms with Crippen molar-refractivity contribution < 1.29 is 9.90 Å². The summed E-state index contributed by atoms with van der Waals surface area (Å²) in [6, 6.07) is 0.268. The summed E-state index contributed by atoms with van der Waals surface area (Å²) in [5.41, 5.74) is 2.79. The topological polar surface area (TPSA) is 62.2 Å². The lowest BCUT2D eigenvalue weighted by Gasteiger charge is -2.27. The maximum Gasteiger partial charge on any atom is 0.263 e. The lowest BCUT2D eigenvalue weighted by atomic mass is 9.86. The van der Waals surface area contributed by atoms with Crippen molar-refractivity contribution in [2.24, 2.45) is 5.92 Å². The second kappa shape index (κ2) is 5.59. The van der Waals surface area contributed by atoms with Crippen molar-refractivity contribution in [3.63, 3.8) is 0 Å². The molecule has 4 nitrogen and oxygen atoms in total. The highest BCUT2D eigenvalue weighted by Crippen LogP contribution is 2.41. The Morgan fingerprint density at radius 3 is 2.68 bits per heavy atom. The Bertz CT molecular complexity index is 448. The van der Waals surface area contributed by atoms with E-state index in [0.717, 1.165) is 36.3 Å². The van der Waals surface area contributed by atoms with E-state index in [4.69, 9.17) is 5.11 Å². The fourth-order valence-electron chi connectivity index (χ4n) is 2.81. The quantitative estimate of drug-likeness (QED) is 0.889. The van der Waals surface area contributed by atoms with Gasteiger partial charge in [0.2, 0.25) is 0 Å². The van der Waals surface area contributed by atoms with E-state index < -0.39 is 0 Å². The third kappa shape index (κ3) is 2.98. The van der Waals surface area contributed by atoms with Crippen molar-refractivity contribution in [1.82, 2.24) is 10.3 Å². The number of aliphatic hydroxyl groups excluding tert-OH is 1. The average molecular weight is 280 g/mol. The van der Waals surface area contributed by atoms with Crippen LogP contribution in [0.2, 0.25) is 0 Å². The molecule has 2 fully saturated rings. The Morgan fingerprint density at radius 2 is 2.05 bits per heavy atom. The number of hydrogen-bond acceptors (Lipinski definition) is 4. The number of thiazole rings is 1. The minimum absolute atomic E-state index is 0.0526. The van der Waals surface area contributed by atoms with E-state index >= 15 is 0 Å². The molecule has 104 valence electrons. The van der Waals surface area contributed by atoms with E-state index in [2.05, 4.69) is 10.3 Å². The first kappa shape index (κ1) is 13.1. The molecule has 0 unspecified atom stereocenters. The van der Waals surface area contributed by atoms with Gasteiger partial charge in [-0.2, -0.15) is 0 Å². The van der Waals surface area contributed by atoms with Crippen LogP contribution in [0, 0.1) is 5.92 Å². The lowest BCUT2D eigenvalue weighted by Crippen LogP contribution is -2.38. The molecule has 0 atom stereocenters. The summed E-state index contributed by atoms with van der Waals surface area (Å²) < 4.78 is 0. The number of nitrogens with one attached hydrogen (secondary N) is 1. The molecule has 1 aromatic rings. The Labute approximate surface area is 117 Å². The lowest BCUT2D eigenvalue weighted by molar-refractivity contribution is 0.0917. The summed E-state index contributed by atoms with van der Waals surface area (Å²) in [5, 5.41) is 12.3. The standard InChI is InChI=1S/C14H20N2O2S/c17-7-9-1-5-11(6-2-9)16-14(18)13-12(10-3-4-10)15-8-19-13/h8-11,17H,1-7H2,(H,16,18). The van der Waals surface area contributed by atoms with Crippen molar-refractivity contribution in [2.45, 2.75) is 50.5 Å². The molecule has 0 spiro atoms. The smallest absolute Gasteiger partial charge is 0.263 e. The minimum atomic E-state index is 0.0526. The summed E-state index contributed by atoms with van der Waals surface area (Å²) in [7, 11) is 0. The predicted molar refractivity (Wildman–Crippen MR) is 74.4 cm³/mol. The van der Waals surface area contributed by atoms with Crippen molar-refractivity contribution in [3.05, 3.63) is 16.1 Å². The maximum absolute atomic E-state index is 12.3. The van der Waals surface area contributed by atoms with Gasteiger partial charge in [-0.25, -0.2) is 4.98 Å². The van der Waals surface area contributed by atoms with Crippen LogP contribution in [0.4, 0.5) is 0 Å². The van der Waals surface area contributed by atoms with E-state index in [-0.39, 0.29) is 18.6 Å². The molecule has 2 aliphatic carbocycles. The molecule has 1 aromatic heterocycles.